The number of ether oxygens (including phenoxy) is 1. The van der Waals surface area contributed by atoms with Crippen LogP contribution in [0.4, 0.5) is 0 Å². The van der Waals surface area contributed by atoms with Crippen molar-refractivity contribution in [2.75, 3.05) is 6.61 Å². The average molecular weight is 383 g/mol. The molecule has 22 heavy (non-hydrogen) atoms. The molecule has 0 fully saturated rings. The zero-order valence-corrected chi connectivity index (χ0v) is 15.0. The molecule has 1 aromatic carbocycles. The van der Waals surface area contributed by atoms with E-state index in [9.17, 15) is 4.79 Å². The zero-order valence-electron chi connectivity index (χ0n) is 12.6. The standard InChI is InChI=1S/C16H19BrN2O2S/c1-3-6-12-13(15(20)21-4-2)14(19-16(22)18-12)10-7-5-8-11(17)9-10/h5,7-9,14H,3-4,6H2,1-2H3,(H2,18,19,22)/t14-/m0/s1. The van der Waals surface area contributed by atoms with E-state index in [4.69, 9.17) is 17.0 Å². The van der Waals surface area contributed by atoms with Gasteiger partial charge in [-0.2, -0.15) is 0 Å². The predicted octanol–water partition coefficient (Wildman–Crippen LogP) is 3.59. The van der Waals surface area contributed by atoms with Gasteiger partial charge in [0.1, 0.15) is 0 Å². The quantitative estimate of drug-likeness (QED) is 0.601. The van der Waals surface area contributed by atoms with Crippen molar-refractivity contribution in [2.24, 2.45) is 0 Å². The van der Waals surface area contributed by atoms with Crippen LogP contribution in [0.1, 0.15) is 38.3 Å². The molecule has 0 unspecified atom stereocenters. The third-order valence-electron chi connectivity index (χ3n) is 3.33. The Hall–Kier alpha value is -1.40. The molecular formula is C16H19BrN2O2S. The van der Waals surface area contributed by atoms with Crippen molar-refractivity contribution in [1.82, 2.24) is 10.6 Å². The molecule has 0 radical (unpaired) electrons. The van der Waals surface area contributed by atoms with Crippen molar-refractivity contribution in [3.63, 3.8) is 0 Å². The Bertz CT molecular complexity index is 616. The van der Waals surface area contributed by atoms with E-state index in [2.05, 4.69) is 33.5 Å². The van der Waals surface area contributed by atoms with Gasteiger partial charge in [0.25, 0.3) is 0 Å². The molecule has 0 aliphatic carbocycles. The molecule has 0 amide bonds. The van der Waals surface area contributed by atoms with Gasteiger partial charge in [-0.3, -0.25) is 0 Å². The van der Waals surface area contributed by atoms with Crippen LogP contribution in [0.15, 0.2) is 40.0 Å². The topological polar surface area (TPSA) is 50.4 Å². The Morgan fingerprint density at radius 1 is 1.41 bits per heavy atom. The Balaban J connectivity index is 2.49. The summed E-state index contributed by atoms with van der Waals surface area (Å²) >= 11 is 8.76. The molecule has 1 aromatic rings. The fourth-order valence-corrected chi connectivity index (χ4v) is 3.11. The van der Waals surface area contributed by atoms with Gasteiger partial charge in [-0.1, -0.05) is 41.4 Å². The predicted molar refractivity (Wildman–Crippen MR) is 94.3 cm³/mol. The van der Waals surface area contributed by atoms with Gasteiger partial charge in [-0.15, -0.1) is 0 Å². The van der Waals surface area contributed by atoms with E-state index in [1.165, 1.54) is 0 Å². The molecule has 2 N–H and O–H groups in total. The highest BCUT2D eigenvalue weighted by molar-refractivity contribution is 9.10. The minimum atomic E-state index is -0.307. The summed E-state index contributed by atoms with van der Waals surface area (Å²) in [4.78, 5) is 12.4. The van der Waals surface area contributed by atoms with Crippen molar-refractivity contribution in [2.45, 2.75) is 32.7 Å². The molecule has 0 saturated heterocycles. The first-order valence-corrected chi connectivity index (χ1v) is 8.50. The van der Waals surface area contributed by atoms with Gasteiger partial charge < -0.3 is 15.4 Å². The Morgan fingerprint density at radius 3 is 2.82 bits per heavy atom. The van der Waals surface area contributed by atoms with Crippen LogP contribution in [0, 0.1) is 0 Å². The van der Waals surface area contributed by atoms with E-state index < -0.39 is 0 Å². The van der Waals surface area contributed by atoms with Gasteiger partial charge in [0.2, 0.25) is 0 Å². The number of benzene rings is 1. The fraction of sp³-hybridized carbons (Fsp3) is 0.375. The normalized spacial score (nSPS) is 17.8. The van der Waals surface area contributed by atoms with E-state index in [1.54, 1.807) is 6.92 Å². The molecule has 6 heteroatoms. The second-order valence-electron chi connectivity index (χ2n) is 4.95. The van der Waals surface area contributed by atoms with Crippen LogP contribution in [0.5, 0.6) is 0 Å². The van der Waals surface area contributed by atoms with Crippen LogP contribution in [0.2, 0.25) is 0 Å². The van der Waals surface area contributed by atoms with Crippen LogP contribution >= 0.6 is 28.1 Å². The molecule has 1 aliphatic rings. The van der Waals surface area contributed by atoms with Gasteiger partial charge in [0.15, 0.2) is 5.11 Å². The molecule has 4 nitrogen and oxygen atoms in total. The third kappa shape index (κ3) is 3.87. The average Bonchev–Trinajstić information content (AvgIpc) is 2.47. The SMILES string of the molecule is CCCC1=C(C(=O)OCC)[C@H](c2cccc(Br)c2)NC(=S)N1. The Labute approximate surface area is 144 Å². The first-order chi connectivity index (χ1) is 10.6. The first kappa shape index (κ1) is 17.0. The lowest BCUT2D eigenvalue weighted by Crippen LogP contribution is -2.45. The monoisotopic (exact) mass is 382 g/mol. The molecule has 0 aromatic heterocycles. The number of carbonyl (C=O) groups is 1. The molecule has 118 valence electrons. The summed E-state index contributed by atoms with van der Waals surface area (Å²) in [6.07, 6.45) is 1.67. The van der Waals surface area contributed by atoms with E-state index in [0.29, 0.717) is 17.3 Å². The van der Waals surface area contributed by atoms with Crippen LogP contribution in [0.25, 0.3) is 0 Å². The Morgan fingerprint density at radius 2 is 2.18 bits per heavy atom. The highest BCUT2D eigenvalue weighted by Gasteiger charge is 2.32. The number of halogens is 1. The van der Waals surface area contributed by atoms with E-state index in [0.717, 1.165) is 28.6 Å². The number of esters is 1. The lowest BCUT2D eigenvalue weighted by molar-refractivity contribution is -0.139. The van der Waals surface area contributed by atoms with Crippen molar-refractivity contribution < 1.29 is 9.53 Å². The molecule has 1 atom stereocenters. The maximum absolute atomic E-state index is 12.4. The summed E-state index contributed by atoms with van der Waals surface area (Å²) in [7, 11) is 0. The van der Waals surface area contributed by atoms with Gasteiger partial charge >= 0.3 is 5.97 Å². The second-order valence-corrected chi connectivity index (χ2v) is 6.27. The lowest BCUT2D eigenvalue weighted by Gasteiger charge is -2.31. The maximum atomic E-state index is 12.4. The summed E-state index contributed by atoms with van der Waals surface area (Å²) in [5.74, 6) is -0.307. The van der Waals surface area contributed by atoms with E-state index >= 15 is 0 Å². The second kappa shape index (κ2) is 7.74. The summed E-state index contributed by atoms with van der Waals surface area (Å²) in [5.41, 5.74) is 2.42. The molecule has 0 bridgehead atoms. The fourth-order valence-electron chi connectivity index (χ4n) is 2.45. The third-order valence-corrected chi connectivity index (χ3v) is 4.04. The largest absolute Gasteiger partial charge is 0.463 e. The van der Waals surface area contributed by atoms with Gasteiger partial charge in [-0.25, -0.2) is 4.79 Å². The van der Waals surface area contributed by atoms with Gasteiger partial charge in [0, 0.05) is 10.2 Å². The van der Waals surface area contributed by atoms with Crippen molar-refractivity contribution in [1.29, 1.82) is 0 Å². The summed E-state index contributed by atoms with van der Waals surface area (Å²) in [5, 5.41) is 6.82. The molecule has 1 aliphatic heterocycles. The molecule has 2 rings (SSSR count). The van der Waals surface area contributed by atoms with Crippen LogP contribution in [0.3, 0.4) is 0 Å². The number of nitrogens with one attached hydrogen (secondary N) is 2. The van der Waals surface area contributed by atoms with Crippen molar-refractivity contribution >= 4 is 39.2 Å². The smallest absolute Gasteiger partial charge is 0.338 e. The summed E-state index contributed by atoms with van der Waals surface area (Å²) < 4.78 is 6.20. The number of thiocarbonyl (C=S) groups is 1. The van der Waals surface area contributed by atoms with E-state index in [-0.39, 0.29) is 12.0 Å². The van der Waals surface area contributed by atoms with Crippen molar-refractivity contribution in [3.05, 3.63) is 45.6 Å². The van der Waals surface area contributed by atoms with E-state index in [1.807, 2.05) is 24.3 Å². The molecule has 0 saturated carbocycles. The number of rotatable bonds is 5. The zero-order chi connectivity index (χ0) is 16.1. The van der Waals surface area contributed by atoms with Gasteiger partial charge in [-0.05, 0) is 43.3 Å². The number of hydrogen-bond donors (Lipinski definition) is 2. The Kier molecular flexibility index (Phi) is 5.97. The van der Waals surface area contributed by atoms with Crippen LogP contribution < -0.4 is 10.6 Å². The summed E-state index contributed by atoms with van der Waals surface area (Å²) in [6.45, 7) is 4.22. The van der Waals surface area contributed by atoms with Crippen LogP contribution in [-0.4, -0.2) is 17.7 Å². The number of hydrogen-bond acceptors (Lipinski definition) is 3. The number of allylic oxidation sites excluding steroid dienone is 1. The first-order valence-electron chi connectivity index (χ1n) is 7.30. The molecular weight excluding hydrogens is 364 g/mol. The highest BCUT2D eigenvalue weighted by atomic mass is 79.9. The summed E-state index contributed by atoms with van der Waals surface area (Å²) in [6, 6.07) is 7.54. The lowest BCUT2D eigenvalue weighted by atomic mass is 9.94. The number of carbonyl (C=O) groups excluding carboxylic acids is 1. The van der Waals surface area contributed by atoms with Crippen molar-refractivity contribution in [3.8, 4) is 0 Å². The molecule has 0 spiro atoms. The molecule has 1 heterocycles. The minimum absolute atomic E-state index is 0.299. The van der Waals surface area contributed by atoms with Crippen LogP contribution in [-0.2, 0) is 9.53 Å². The van der Waals surface area contributed by atoms with Gasteiger partial charge in [0.05, 0.1) is 18.2 Å². The maximum Gasteiger partial charge on any atom is 0.338 e. The minimum Gasteiger partial charge on any atom is -0.463 e. The highest BCUT2D eigenvalue weighted by Crippen LogP contribution is 2.30.